The van der Waals surface area contributed by atoms with Gasteiger partial charge in [0.15, 0.2) is 0 Å². The first kappa shape index (κ1) is 13.8. The van der Waals surface area contributed by atoms with Gasteiger partial charge in [0.1, 0.15) is 0 Å². The van der Waals surface area contributed by atoms with Crippen molar-refractivity contribution < 1.29 is 18.7 Å². The van der Waals surface area contributed by atoms with E-state index < -0.39 is 9.04 Å². The van der Waals surface area contributed by atoms with Crippen LogP contribution in [0.5, 0.6) is 0 Å². The van der Waals surface area contributed by atoms with Crippen molar-refractivity contribution in [3.63, 3.8) is 0 Å². The van der Waals surface area contributed by atoms with Crippen molar-refractivity contribution in [2.45, 2.75) is 12.5 Å². The average Bonchev–Trinajstić information content (AvgIpc) is 2.32. The van der Waals surface area contributed by atoms with E-state index in [2.05, 4.69) is 12.1 Å². The molecule has 2 fully saturated rings. The zero-order chi connectivity index (χ0) is 13.9. The van der Waals surface area contributed by atoms with Crippen LogP contribution >= 0.6 is 0 Å². The summed E-state index contributed by atoms with van der Waals surface area (Å²) < 4.78 is 16.5. The van der Waals surface area contributed by atoms with Crippen molar-refractivity contribution in [2.24, 2.45) is 11.8 Å². The van der Waals surface area contributed by atoms with Gasteiger partial charge in [0.25, 0.3) is 5.97 Å². The van der Waals surface area contributed by atoms with Gasteiger partial charge < -0.3 is 13.9 Å². The van der Waals surface area contributed by atoms with Gasteiger partial charge in [0.2, 0.25) is 0 Å². The van der Waals surface area contributed by atoms with E-state index in [1.807, 2.05) is 18.2 Å². The van der Waals surface area contributed by atoms with Gasteiger partial charge in [-0.2, -0.15) is 0 Å². The Bertz CT molecular complexity index is 442. The van der Waals surface area contributed by atoms with Gasteiger partial charge in [0.05, 0.1) is 26.4 Å². The highest BCUT2D eigenvalue weighted by atomic mass is 28.3. The molecule has 0 unspecified atom stereocenters. The molecule has 2 aliphatic heterocycles. The van der Waals surface area contributed by atoms with Crippen LogP contribution in [0.1, 0.15) is 6.92 Å². The maximum absolute atomic E-state index is 11.5. The molecule has 0 bridgehead atoms. The van der Waals surface area contributed by atoms with Gasteiger partial charge in [-0.1, -0.05) is 30.3 Å². The van der Waals surface area contributed by atoms with Crippen molar-refractivity contribution in [3.8, 4) is 0 Å². The molecule has 0 N–H and O–H groups in total. The van der Waals surface area contributed by atoms with Crippen LogP contribution in [0.15, 0.2) is 30.3 Å². The predicted molar refractivity (Wildman–Crippen MR) is 76.0 cm³/mol. The van der Waals surface area contributed by atoms with Gasteiger partial charge in [0, 0.05) is 24.3 Å². The maximum Gasteiger partial charge on any atom is 0.324 e. The Balaban J connectivity index is 1.86. The van der Waals surface area contributed by atoms with E-state index in [4.69, 9.17) is 13.9 Å². The summed E-state index contributed by atoms with van der Waals surface area (Å²) in [6.45, 7) is 4.62. The number of carbonyl (C=O) groups excluding carboxylic acids is 1. The Labute approximate surface area is 120 Å². The van der Waals surface area contributed by atoms with E-state index in [1.165, 1.54) is 6.92 Å². The molecule has 1 aromatic carbocycles. The molecule has 0 saturated carbocycles. The first-order valence-electron chi connectivity index (χ1n) is 7.02. The minimum Gasteiger partial charge on any atom is -0.513 e. The second kappa shape index (κ2) is 6.07. The Kier molecular flexibility index (Phi) is 4.19. The summed E-state index contributed by atoms with van der Waals surface area (Å²) >= 11 is 0. The highest BCUT2D eigenvalue weighted by molar-refractivity contribution is 6.70. The van der Waals surface area contributed by atoms with Crippen molar-refractivity contribution in [2.75, 3.05) is 26.4 Å². The van der Waals surface area contributed by atoms with Crippen molar-refractivity contribution in [3.05, 3.63) is 30.3 Å². The maximum atomic E-state index is 11.5. The molecule has 0 atom stereocenters. The monoisotopic (exact) mass is 291 g/mol. The summed E-state index contributed by atoms with van der Waals surface area (Å²) in [6, 6.07) is 10.2. The molecule has 0 amide bonds. The molecule has 0 aliphatic carbocycles. The van der Waals surface area contributed by atoms with Crippen LogP contribution < -0.4 is 5.19 Å². The first-order chi connectivity index (χ1) is 9.75. The molecular formula is C15H19O4Si. The van der Waals surface area contributed by atoms with E-state index in [-0.39, 0.29) is 5.97 Å². The summed E-state index contributed by atoms with van der Waals surface area (Å²) in [5.74, 6) is 0.808. The van der Waals surface area contributed by atoms with Crippen LogP contribution in [0.4, 0.5) is 0 Å². The van der Waals surface area contributed by atoms with Crippen LogP contribution in [0.3, 0.4) is 0 Å². The fourth-order valence-corrected chi connectivity index (χ4v) is 5.52. The average molecular weight is 291 g/mol. The number of rotatable bonds is 5. The molecule has 107 valence electrons. The quantitative estimate of drug-likeness (QED) is 0.762. The summed E-state index contributed by atoms with van der Waals surface area (Å²) in [4.78, 5) is 11.5. The molecular weight excluding hydrogens is 272 g/mol. The SMILES string of the molecule is CC(=O)O[Si](c1ccccc1)C(C1COC1)C1COC1. The van der Waals surface area contributed by atoms with E-state index in [0.717, 1.165) is 31.6 Å². The van der Waals surface area contributed by atoms with E-state index in [9.17, 15) is 4.79 Å². The van der Waals surface area contributed by atoms with E-state index in [0.29, 0.717) is 17.4 Å². The topological polar surface area (TPSA) is 44.8 Å². The molecule has 0 aromatic heterocycles. The van der Waals surface area contributed by atoms with Crippen LogP contribution in [0.2, 0.25) is 5.54 Å². The normalized spacial score (nSPS) is 19.8. The lowest BCUT2D eigenvalue weighted by molar-refractivity contribution is -0.133. The van der Waals surface area contributed by atoms with Gasteiger partial charge in [-0.15, -0.1) is 0 Å². The molecule has 2 saturated heterocycles. The molecule has 3 rings (SSSR count). The lowest BCUT2D eigenvalue weighted by Crippen LogP contribution is -2.53. The summed E-state index contributed by atoms with van der Waals surface area (Å²) in [7, 11) is -1.39. The highest BCUT2D eigenvalue weighted by Gasteiger charge is 2.46. The van der Waals surface area contributed by atoms with Crippen molar-refractivity contribution in [1.82, 2.24) is 0 Å². The largest absolute Gasteiger partial charge is 0.513 e. The molecule has 1 radical (unpaired) electrons. The Morgan fingerprint density at radius 1 is 1.15 bits per heavy atom. The molecule has 2 heterocycles. The third-order valence-corrected chi connectivity index (χ3v) is 6.92. The van der Waals surface area contributed by atoms with Crippen LogP contribution in [-0.2, 0) is 18.7 Å². The third kappa shape index (κ3) is 2.80. The van der Waals surface area contributed by atoms with Crippen LogP contribution in [-0.4, -0.2) is 41.4 Å². The lowest BCUT2D eigenvalue weighted by Gasteiger charge is -2.43. The first-order valence-corrected chi connectivity index (χ1v) is 8.50. The fourth-order valence-electron chi connectivity index (χ4n) is 2.81. The van der Waals surface area contributed by atoms with Crippen molar-refractivity contribution >= 4 is 20.2 Å². The van der Waals surface area contributed by atoms with E-state index in [1.54, 1.807) is 0 Å². The third-order valence-electron chi connectivity index (χ3n) is 3.96. The second-order valence-electron chi connectivity index (χ2n) is 5.44. The predicted octanol–water partition coefficient (Wildman–Crippen LogP) is 1.11. The zero-order valence-electron chi connectivity index (χ0n) is 11.6. The molecule has 5 heteroatoms. The number of hydrogen-bond acceptors (Lipinski definition) is 4. The molecule has 20 heavy (non-hydrogen) atoms. The molecule has 0 spiro atoms. The number of hydrogen-bond donors (Lipinski definition) is 0. The Morgan fingerprint density at radius 3 is 2.10 bits per heavy atom. The van der Waals surface area contributed by atoms with E-state index >= 15 is 0 Å². The molecule has 4 nitrogen and oxygen atoms in total. The standard InChI is InChI=1S/C15H19O4Si/c1-11(16)19-20(14-5-3-2-4-6-14)15(12-7-17-8-12)13-9-18-10-13/h2-6,12-13,15H,7-10H2,1H3. The van der Waals surface area contributed by atoms with Gasteiger partial charge in [-0.25, -0.2) is 0 Å². The van der Waals surface area contributed by atoms with Gasteiger partial charge >= 0.3 is 9.04 Å². The summed E-state index contributed by atoms with van der Waals surface area (Å²) in [5, 5.41) is 1.16. The van der Waals surface area contributed by atoms with Crippen LogP contribution in [0.25, 0.3) is 0 Å². The fraction of sp³-hybridized carbons (Fsp3) is 0.533. The van der Waals surface area contributed by atoms with Crippen molar-refractivity contribution in [1.29, 1.82) is 0 Å². The van der Waals surface area contributed by atoms with Crippen LogP contribution in [0, 0.1) is 11.8 Å². The summed E-state index contributed by atoms with van der Waals surface area (Å²) in [6.07, 6.45) is 0. The highest BCUT2D eigenvalue weighted by Crippen LogP contribution is 2.39. The lowest BCUT2D eigenvalue weighted by atomic mass is 9.91. The molecule has 2 aliphatic rings. The molecule has 1 aromatic rings. The number of ether oxygens (including phenoxy) is 2. The number of benzene rings is 1. The summed E-state index contributed by atoms with van der Waals surface area (Å²) in [5.41, 5.74) is 0.383. The minimum absolute atomic E-state index is 0.187. The number of carbonyl (C=O) groups is 1. The van der Waals surface area contributed by atoms with Gasteiger partial charge in [-0.3, -0.25) is 4.79 Å². The smallest absolute Gasteiger partial charge is 0.324 e. The zero-order valence-corrected chi connectivity index (χ0v) is 12.6. The Hall–Kier alpha value is -1.17. The second-order valence-corrected chi connectivity index (χ2v) is 7.62. The van der Waals surface area contributed by atoms with Gasteiger partial charge in [-0.05, 0) is 5.19 Å². The minimum atomic E-state index is -1.39. The Morgan fingerprint density at radius 2 is 1.70 bits per heavy atom.